The van der Waals surface area contributed by atoms with E-state index < -0.39 is 81.9 Å². The van der Waals surface area contributed by atoms with Gasteiger partial charge in [-0.25, -0.2) is 23.7 Å². The number of aromatic amines is 1. The van der Waals surface area contributed by atoms with Crippen LogP contribution >= 0.6 is 26.2 Å². The number of H-pyrrole nitrogens is 1. The van der Waals surface area contributed by atoms with E-state index >= 15 is 8.78 Å². The number of aromatic nitrogens is 9. The standard InChI is InChI=1S/C19H21F2N11O9P2S2/c20-7-5(1-37-42(35)44)39-18(32-15-10(29-30-32)16(34)28-19(23)27-15)12(7)41-43(36,45)38-2-6-11(33)8(21)17(40-6)31-4-26-9-13(22)24-3-25-14(9)31/h3-8,11-12,17-18,33H,1-2H2,(H6-,22,23,24,25,27,28,30,34,35,36,44,45)/p+1/t5-,6-,7+,8+,11-,12-,17-,18-,43?/m1/s1. The van der Waals surface area contributed by atoms with E-state index in [9.17, 15) is 19.4 Å². The molecular weight excluding hydrogens is 690 g/mol. The highest BCUT2D eigenvalue weighted by molar-refractivity contribution is 8.39. The predicted molar refractivity (Wildman–Crippen MR) is 154 cm³/mol. The highest BCUT2D eigenvalue weighted by atomic mass is 32.7. The Balaban J connectivity index is 1.20. The third-order valence-corrected chi connectivity index (χ3v) is 9.10. The molecule has 4 aromatic rings. The number of anilines is 2. The van der Waals surface area contributed by atoms with Gasteiger partial charge in [0.1, 0.15) is 55.1 Å². The first-order chi connectivity index (χ1) is 21.3. The molecule has 2 saturated heterocycles. The van der Waals surface area contributed by atoms with Gasteiger partial charge in [0, 0.05) is 0 Å². The van der Waals surface area contributed by atoms with Gasteiger partial charge in [-0.05, 0) is 16.4 Å². The Bertz CT molecular complexity index is 1870. The molecule has 242 valence electrons. The zero-order valence-electron chi connectivity index (χ0n) is 22.2. The van der Waals surface area contributed by atoms with Crippen LogP contribution in [0.3, 0.4) is 0 Å². The third-order valence-electron chi connectivity index (χ3n) is 6.82. The van der Waals surface area contributed by atoms with Gasteiger partial charge in [0.15, 0.2) is 47.4 Å². The molecule has 4 aromatic heterocycles. The van der Waals surface area contributed by atoms with Crippen LogP contribution in [0.4, 0.5) is 20.5 Å². The summed E-state index contributed by atoms with van der Waals surface area (Å²) in [5.74, 6) is -0.269. The smallest absolute Gasteiger partial charge is 0.387 e. The first-order valence-corrected chi connectivity index (χ1v) is 17.5. The minimum atomic E-state index is -4.43. The van der Waals surface area contributed by atoms with Gasteiger partial charge < -0.3 is 35.5 Å². The SMILES string of the molecule is Nc1nc2c(nnn2[C@@H]2O[C@H](CO[P+](=O)S)[C@H](F)[C@H]2OP(O)(=S)OC[C@H]2O[C@@H](n3cnc4c(N)ncnc43)[C@@H](F)[C@@H]2O)c(=O)[nH]1. The van der Waals surface area contributed by atoms with E-state index in [0.29, 0.717) is 0 Å². The number of thiol groups is 1. The number of aliphatic hydroxyl groups is 1. The summed E-state index contributed by atoms with van der Waals surface area (Å²) < 4.78 is 71.3. The summed E-state index contributed by atoms with van der Waals surface area (Å²) in [6.45, 7) is -5.70. The number of nitrogen functional groups attached to an aromatic ring is 2. The third kappa shape index (κ3) is 6.15. The number of imidazole rings is 1. The molecule has 6 heterocycles. The van der Waals surface area contributed by atoms with Crippen LogP contribution in [0.15, 0.2) is 17.4 Å². The molecule has 6 rings (SSSR count). The monoisotopic (exact) mass is 712 g/mol. The van der Waals surface area contributed by atoms with E-state index in [1.165, 1.54) is 10.9 Å². The zero-order chi connectivity index (χ0) is 32.2. The molecular formula is C19H22F2N11O9P2S2+. The lowest BCUT2D eigenvalue weighted by atomic mass is 10.1. The maximum atomic E-state index is 15.7. The maximum absolute atomic E-state index is 15.7. The molecule has 26 heteroatoms. The van der Waals surface area contributed by atoms with Gasteiger partial charge in [0.25, 0.3) is 5.56 Å². The molecule has 0 spiro atoms. The fourth-order valence-electron chi connectivity index (χ4n) is 4.78. The summed E-state index contributed by atoms with van der Waals surface area (Å²) >= 11 is 8.70. The van der Waals surface area contributed by atoms with Crippen LogP contribution in [0, 0.1) is 0 Å². The molecule has 2 aliphatic heterocycles. The van der Waals surface area contributed by atoms with E-state index in [2.05, 4.69) is 47.5 Å². The van der Waals surface area contributed by atoms with Crippen LogP contribution in [0.2, 0.25) is 0 Å². The second-order valence-corrected chi connectivity index (χ2v) is 14.1. The van der Waals surface area contributed by atoms with Crippen molar-refractivity contribution in [2.75, 3.05) is 24.7 Å². The summed E-state index contributed by atoms with van der Waals surface area (Å²) in [6.07, 6.45) is -11.2. The van der Waals surface area contributed by atoms with Gasteiger partial charge >= 0.3 is 13.9 Å². The topological polar surface area (TPSA) is 276 Å². The Kier molecular flexibility index (Phi) is 8.82. The van der Waals surface area contributed by atoms with Crippen molar-refractivity contribution in [3.63, 3.8) is 0 Å². The van der Waals surface area contributed by atoms with Gasteiger partial charge in [-0.3, -0.25) is 18.9 Å². The lowest BCUT2D eigenvalue weighted by Crippen LogP contribution is -2.33. The number of ether oxygens (including phenoxy) is 2. The average molecular weight is 713 g/mol. The Morgan fingerprint density at radius 3 is 2.64 bits per heavy atom. The molecule has 7 N–H and O–H groups in total. The molecule has 2 aliphatic rings. The van der Waals surface area contributed by atoms with E-state index in [4.69, 9.17) is 46.3 Å². The second-order valence-electron chi connectivity index (χ2n) is 9.62. The summed E-state index contributed by atoms with van der Waals surface area (Å²) in [5.41, 5.74) is 10.5. The molecule has 0 radical (unpaired) electrons. The molecule has 0 aromatic carbocycles. The quantitative estimate of drug-likeness (QED) is 0.0899. The van der Waals surface area contributed by atoms with E-state index in [1.807, 2.05) is 0 Å². The van der Waals surface area contributed by atoms with E-state index in [1.54, 1.807) is 0 Å². The zero-order valence-corrected chi connectivity index (χ0v) is 25.7. The van der Waals surface area contributed by atoms with Crippen LogP contribution < -0.4 is 17.0 Å². The lowest BCUT2D eigenvalue weighted by molar-refractivity contribution is -0.0574. The number of alkyl halides is 2. The number of hydrogen-bond donors (Lipinski definition) is 6. The molecule has 0 amide bonds. The molecule has 10 atom stereocenters. The molecule has 2 unspecified atom stereocenters. The van der Waals surface area contributed by atoms with Crippen molar-refractivity contribution in [1.29, 1.82) is 0 Å². The largest absolute Gasteiger partial charge is 0.582 e. The number of hydrogen-bond acceptors (Lipinski definition) is 17. The Morgan fingerprint density at radius 1 is 1.13 bits per heavy atom. The van der Waals surface area contributed by atoms with Crippen LogP contribution in [0.1, 0.15) is 12.5 Å². The Morgan fingerprint density at radius 2 is 1.89 bits per heavy atom. The number of nitrogens with one attached hydrogen (secondary N) is 1. The fourth-order valence-corrected chi connectivity index (χ4v) is 6.66. The van der Waals surface area contributed by atoms with Crippen molar-refractivity contribution in [3.05, 3.63) is 23.0 Å². The van der Waals surface area contributed by atoms with Crippen molar-refractivity contribution < 1.29 is 46.4 Å². The molecule has 0 saturated carbocycles. The Labute approximate surface area is 259 Å². The second kappa shape index (κ2) is 12.4. The molecule has 20 nitrogen and oxygen atoms in total. The van der Waals surface area contributed by atoms with Gasteiger partial charge in [0.05, 0.1) is 12.9 Å². The lowest BCUT2D eigenvalue weighted by Gasteiger charge is -2.25. The number of rotatable bonds is 10. The Hall–Kier alpha value is -2.89. The summed E-state index contributed by atoms with van der Waals surface area (Å²) in [7, 11) is -2.45. The molecule has 2 fully saturated rings. The molecule has 0 aliphatic carbocycles. The van der Waals surface area contributed by atoms with Gasteiger partial charge in [-0.15, -0.1) is 9.62 Å². The fraction of sp³-hybridized carbons (Fsp3) is 0.526. The van der Waals surface area contributed by atoms with Crippen molar-refractivity contribution in [1.82, 2.24) is 44.5 Å². The van der Waals surface area contributed by atoms with Crippen molar-refractivity contribution >= 4 is 72.1 Å². The van der Waals surface area contributed by atoms with Crippen LogP contribution in [-0.4, -0.2) is 104 Å². The van der Waals surface area contributed by atoms with Gasteiger partial charge in [0.2, 0.25) is 5.95 Å². The molecule has 45 heavy (non-hydrogen) atoms. The minimum Gasteiger partial charge on any atom is -0.387 e. The van der Waals surface area contributed by atoms with Crippen LogP contribution in [0.5, 0.6) is 0 Å². The molecule has 0 bridgehead atoms. The van der Waals surface area contributed by atoms with Crippen molar-refractivity contribution in [2.24, 2.45) is 0 Å². The first-order valence-electron chi connectivity index (χ1n) is 12.6. The number of aliphatic hydroxyl groups excluding tert-OH is 1. The predicted octanol–water partition coefficient (Wildman–Crippen LogP) is -0.427. The van der Waals surface area contributed by atoms with E-state index in [-0.39, 0.29) is 34.1 Å². The number of nitrogens with two attached hydrogens (primary N) is 2. The highest BCUT2D eigenvalue weighted by Crippen LogP contribution is 2.51. The summed E-state index contributed by atoms with van der Waals surface area (Å²) in [6, 6.07) is 0. The highest BCUT2D eigenvalue weighted by Gasteiger charge is 2.52. The van der Waals surface area contributed by atoms with Crippen LogP contribution in [-0.2, 0) is 39.4 Å². The first kappa shape index (κ1) is 32.1. The van der Waals surface area contributed by atoms with Crippen molar-refractivity contribution in [3.8, 4) is 0 Å². The van der Waals surface area contributed by atoms with Crippen LogP contribution in [0.25, 0.3) is 22.3 Å². The normalized spacial score (nSPS) is 30.3. The van der Waals surface area contributed by atoms with Gasteiger partial charge in [-0.1, -0.05) is 5.21 Å². The summed E-state index contributed by atoms with van der Waals surface area (Å²) in [4.78, 5) is 41.2. The van der Waals surface area contributed by atoms with Gasteiger partial charge in [-0.2, -0.15) is 9.67 Å². The number of halogens is 2. The number of nitrogens with zero attached hydrogens (tertiary/aromatic N) is 8. The maximum Gasteiger partial charge on any atom is 0.582 e. The average Bonchev–Trinajstić information content (AvgIpc) is 3.73. The van der Waals surface area contributed by atoms with E-state index in [0.717, 1.165) is 11.0 Å². The minimum absolute atomic E-state index is 0.0456. The number of fused-ring (bicyclic) bond motifs is 2. The summed E-state index contributed by atoms with van der Waals surface area (Å²) in [5, 5.41) is 18.0. The van der Waals surface area contributed by atoms with Crippen molar-refractivity contribution in [2.45, 2.75) is 49.2 Å².